The van der Waals surface area contributed by atoms with E-state index < -0.39 is 33.7 Å². The molecule has 1 fully saturated rings. The maximum atomic E-state index is 12.7. The molecule has 1 N–H and O–H groups in total. The summed E-state index contributed by atoms with van der Waals surface area (Å²) in [6.07, 6.45) is -4.39. The maximum Gasteiger partial charge on any atom is 0.416 e. The number of non-ortho nitro benzene ring substituents is 1. The van der Waals surface area contributed by atoms with E-state index in [4.69, 9.17) is 5.11 Å². The number of nitro groups is 1. The molecule has 1 aromatic carbocycles. The van der Waals surface area contributed by atoms with Crippen LogP contribution in [0.4, 0.5) is 18.9 Å². The van der Waals surface area contributed by atoms with E-state index in [1.807, 2.05) is 0 Å². The highest BCUT2D eigenvalue weighted by Crippen LogP contribution is 2.50. The monoisotopic (exact) mass is 275 g/mol. The van der Waals surface area contributed by atoms with Crippen LogP contribution in [0.3, 0.4) is 0 Å². The Labute approximate surface area is 104 Å². The highest BCUT2D eigenvalue weighted by atomic mass is 19.4. The second kappa shape index (κ2) is 3.94. The fourth-order valence-electron chi connectivity index (χ4n) is 1.91. The number of nitro benzene ring substituents is 1. The van der Waals surface area contributed by atoms with E-state index in [1.165, 1.54) is 0 Å². The smallest absolute Gasteiger partial charge is 0.416 e. The summed E-state index contributed by atoms with van der Waals surface area (Å²) < 4.78 is 38.0. The molecule has 1 aromatic rings. The fourth-order valence-corrected chi connectivity index (χ4v) is 1.91. The SMILES string of the molecule is O=C(O)C1(c2cc([N+](=O)[O-])cc(C(F)(F)F)c2)CC1. The Balaban J connectivity index is 2.59. The van der Waals surface area contributed by atoms with E-state index in [0.29, 0.717) is 12.1 Å². The van der Waals surface area contributed by atoms with E-state index in [-0.39, 0.29) is 18.4 Å². The number of benzene rings is 1. The van der Waals surface area contributed by atoms with Crippen LogP contribution in [0.15, 0.2) is 18.2 Å². The quantitative estimate of drug-likeness (QED) is 0.679. The first kappa shape index (κ1) is 13.3. The molecule has 0 saturated heterocycles. The van der Waals surface area contributed by atoms with Gasteiger partial charge in [-0.3, -0.25) is 14.9 Å². The molecule has 0 bridgehead atoms. The summed E-state index contributed by atoms with van der Waals surface area (Å²) in [4.78, 5) is 20.8. The van der Waals surface area contributed by atoms with Crippen molar-refractivity contribution in [1.82, 2.24) is 0 Å². The average molecular weight is 275 g/mol. The third-order valence-electron chi connectivity index (χ3n) is 3.17. The summed E-state index contributed by atoms with van der Waals surface area (Å²) >= 11 is 0. The lowest BCUT2D eigenvalue weighted by molar-refractivity contribution is -0.385. The summed E-state index contributed by atoms with van der Waals surface area (Å²) in [6.45, 7) is 0. The van der Waals surface area contributed by atoms with E-state index in [0.717, 1.165) is 6.07 Å². The molecule has 0 radical (unpaired) electrons. The van der Waals surface area contributed by atoms with Gasteiger partial charge < -0.3 is 5.11 Å². The number of aliphatic carboxylic acids is 1. The van der Waals surface area contributed by atoms with Crippen molar-refractivity contribution in [2.75, 3.05) is 0 Å². The summed E-state index contributed by atoms with van der Waals surface area (Å²) in [7, 11) is 0. The van der Waals surface area contributed by atoms with Gasteiger partial charge in [0.05, 0.1) is 15.9 Å². The molecule has 19 heavy (non-hydrogen) atoms. The minimum Gasteiger partial charge on any atom is -0.481 e. The molecular formula is C11H8F3NO4. The number of hydrogen-bond donors (Lipinski definition) is 1. The van der Waals surface area contributed by atoms with Crippen molar-refractivity contribution < 1.29 is 28.0 Å². The van der Waals surface area contributed by atoms with Crippen LogP contribution in [0.1, 0.15) is 24.0 Å². The van der Waals surface area contributed by atoms with Crippen molar-refractivity contribution in [1.29, 1.82) is 0 Å². The van der Waals surface area contributed by atoms with Crippen molar-refractivity contribution in [3.63, 3.8) is 0 Å². The molecule has 0 aliphatic heterocycles. The van der Waals surface area contributed by atoms with Crippen LogP contribution in [0.5, 0.6) is 0 Å². The van der Waals surface area contributed by atoms with Crippen molar-refractivity contribution in [3.05, 3.63) is 39.4 Å². The molecule has 0 atom stereocenters. The molecule has 0 aromatic heterocycles. The van der Waals surface area contributed by atoms with Gasteiger partial charge in [-0.2, -0.15) is 13.2 Å². The average Bonchev–Trinajstić information content (AvgIpc) is 3.08. The molecule has 1 aliphatic carbocycles. The summed E-state index contributed by atoms with van der Waals surface area (Å²) in [6, 6.07) is 1.98. The topological polar surface area (TPSA) is 80.4 Å². The van der Waals surface area contributed by atoms with Crippen LogP contribution in [0.2, 0.25) is 0 Å². The minimum absolute atomic E-state index is 0.165. The van der Waals surface area contributed by atoms with Gasteiger partial charge in [-0.15, -0.1) is 0 Å². The molecule has 0 spiro atoms. The zero-order chi connectivity index (χ0) is 14.4. The van der Waals surface area contributed by atoms with Gasteiger partial charge in [0.1, 0.15) is 0 Å². The van der Waals surface area contributed by atoms with Crippen molar-refractivity contribution >= 4 is 11.7 Å². The Morgan fingerprint density at radius 1 is 1.32 bits per heavy atom. The van der Waals surface area contributed by atoms with Crippen LogP contribution in [-0.2, 0) is 16.4 Å². The van der Waals surface area contributed by atoms with Crippen LogP contribution in [0.25, 0.3) is 0 Å². The minimum atomic E-state index is -4.75. The Morgan fingerprint density at radius 3 is 2.26 bits per heavy atom. The van der Waals surface area contributed by atoms with E-state index in [1.54, 1.807) is 0 Å². The van der Waals surface area contributed by atoms with Gasteiger partial charge in [0.25, 0.3) is 5.69 Å². The third kappa shape index (κ3) is 2.25. The molecule has 0 amide bonds. The molecule has 5 nitrogen and oxygen atoms in total. The predicted octanol–water partition coefficient (Wildman–Crippen LogP) is 2.73. The Bertz CT molecular complexity index is 564. The van der Waals surface area contributed by atoms with Crippen LogP contribution >= 0.6 is 0 Å². The van der Waals surface area contributed by atoms with Gasteiger partial charge in [0.2, 0.25) is 0 Å². The first-order valence-electron chi connectivity index (χ1n) is 5.27. The molecule has 0 unspecified atom stereocenters. The summed E-state index contributed by atoms with van der Waals surface area (Å²) in [5.74, 6) is -1.26. The number of carbonyl (C=O) groups is 1. The van der Waals surface area contributed by atoms with E-state index in [9.17, 15) is 28.1 Å². The standard InChI is InChI=1S/C11H8F3NO4/c12-11(13,14)7-3-6(4-8(5-7)15(18)19)10(1-2-10)9(16)17/h3-5H,1-2H2,(H,16,17). The Morgan fingerprint density at radius 2 is 1.89 bits per heavy atom. The van der Waals surface area contributed by atoms with Gasteiger partial charge in [-0.1, -0.05) is 0 Å². The van der Waals surface area contributed by atoms with Gasteiger partial charge in [0, 0.05) is 12.1 Å². The lowest BCUT2D eigenvalue weighted by Gasteiger charge is -2.13. The molecular weight excluding hydrogens is 267 g/mol. The third-order valence-corrected chi connectivity index (χ3v) is 3.17. The first-order chi connectivity index (χ1) is 8.67. The number of nitrogens with zero attached hydrogens (tertiary/aromatic N) is 1. The molecule has 2 rings (SSSR count). The summed E-state index contributed by atoms with van der Waals surface area (Å²) in [5.41, 5.74) is -3.53. The van der Waals surface area contributed by atoms with Crippen LogP contribution in [0, 0.1) is 10.1 Å². The van der Waals surface area contributed by atoms with Gasteiger partial charge in [-0.25, -0.2) is 0 Å². The number of carboxylic acids is 1. The van der Waals surface area contributed by atoms with Crippen molar-refractivity contribution in [3.8, 4) is 0 Å². The summed E-state index contributed by atoms with van der Waals surface area (Å²) in [5, 5.41) is 19.7. The predicted molar refractivity (Wildman–Crippen MR) is 56.6 cm³/mol. The second-order valence-corrected chi connectivity index (χ2v) is 4.41. The number of carboxylic acid groups (broad SMARTS) is 1. The van der Waals surface area contributed by atoms with Crippen LogP contribution < -0.4 is 0 Å². The highest BCUT2D eigenvalue weighted by Gasteiger charge is 2.53. The number of hydrogen-bond acceptors (Lipinski definition) is 3. The number of halogens is 3. The normalized spacial score (nSPS) is 17.0. The second-order valence-electron chi connectivity index (χ2n) is 4.41. The Kier molecular flexibility index (Phi) is 2.76. The highest BCUT2D eigenvalue weighted by molar-refractivity contribution is 5.85. The number of alkyl halides is 3. The molecule has 102 valence electrons. The molecule has 1 saturated carbocycles. The largest absolute Gasteiger partial charge is 0.481 e. The lowest BCUT2D eigenvalue weighted by Crippen LogP contribution is -2.20. The van der Waals surface area contributed by atoms with E-state index in [2.05, 4.69) is 0 Å². The van der Waals surface area contributed by atoms with Crippen molar-refractivity contribution in [2.24, 2.45) is 0 Å². The molecule has 8 heteroatoms. The van der Waals surface area contributed by atoms with Crippen molar-refractivity contribution in [2.45, 2.75) is 24.4 Å². The lowest BCUT2D eigenvalue weighted by atomic mass is 9.93. The first-order valence-corrected chi connectivity index (χ1v) is 5.27. The maximum absolute atomic E-state index is 12.7. The van der Waals surface area contributed by atoms with Gasteiger partial charge >= 0.3 is 12.1 Å². The molecule has 0 heterocycles. The van der Waals surface area contributed by atoms with Gasteiger partial charge in [-0.05, 0) is 24.5 Å². The Hall–Kier alpha value is -2.12. The number of rotatable bonds is 3. The zero-order valence-corrected chi connectivity index (χ0v) is 9.40. The van der Waals surface area contributed by atoms with Gasteiger partial charge in [0.15, 0.2) is 0 Å². The van der Waals surface area contributed by atoms with E-state index >= 15 is 0 Å². The zero-order valence-electron chi connectivity index (χ0n) is 9.40. The molecule has 1 aliphatic rings. The van der Waals surface area contributed by atoms with Crippen LogP contribution in [-0.4, -0.2) is 16.0 Å². The fraction of sp³-hybridized carbons (Fsp3) is 0.364.